The quantitative estimate of drug-likeness (QED) is 0.889. The van der Waals surface area contributed by atoms with Crippen LogP contribution < -0.4 is 10.6 Å². The number of amides is 1. The number of halogens is 1. The minimum absolute atomic E-state index is 0.0778. The molecule has 1 aromatic carbocycles. The Kier molecular flexibility index (Phi) is 4.82. The maximum Gasteiger partial charge on any atom is 0.408 e. The summed E-state index contributed by atoms with van der Waals surface area (Å²) in [5.74, 6) is -0.276. The first-order valence-electron chi connectivity index (χ1n) is 7.85. The molecule has 1 fully saturated rings. The zero-order chi connectivity index (χ0) is 17.2. The second kappa shape index (κ2) is 6.86. The Hall–Kier alpha value is -1.99. The molecule has 1 atom stereocenters. The second-order valence-electron chi connectivity index (χ2n) is 6.31. The molecule has 1 aromatic heterocycles. The van der Waals surface area contributed by atoms with Crippen LogP contribution in [0, 0.1) is 5.82 Å². The lowest BCUT2D eigenvalue weighted by Crippen LogP contribution is -2.43. The highest BCUT2D eigenvalue weighted by Crippen LogP contribution is 2.29. The molecule has 2 aromatic rings. The summed E-state index contributed by atoms with van der Waals surface area (Å²) >= 11 is 1.46. The number of benzene rings is 1. The predicted molar refractivity (Wildman–Crippen MR) is 91.4 cm³/mol. The SMILES string of the molecule is CC(C)(NC(=O)O[C@H]1CCNC1)c1csc(-c2ccc(F)cc2)n1. The molecule has 1 amide bonds. The average molecular weight is 349 g/mol. The summed E-state index contributed by atoms with van der Waals surface area (Å²) in [5, 5.41) is 8.71. The zero-order valence-corrected chi connectivity index (χ0v) is 14.5. The third-order valence-electron chi connectivity index (χ3n) is 3.94. The first-order chi connectivity index (χ1) is 11.4. The number of carbonyl (C=O) groups excluding carboxylic acids is 1. The van der Waals surface area contributed by atoms with Crippen LogP contribution in [-0.4, -0.2) is 30.3 Å². The van der Waals surface area contributed by atoms with Gasteiger partial charge in [0.05, 0.1) is 11.2 Å². The van der Waals surface area contributed by atoms with Crippen LogP contribution in [0.4, 0.5) is 9.18 Å². The normalized spacial score (nSPS) is 17.7. The minimum atomic E-state index is -0.655. The first kappa shape index (κ1) is 16.9. The van der Waals surface area contributed by atoms with Crippen molar-refractivity contribution in [1.82, 2.24) is 15.6 Å². The van der Waals surface area contributed by atoms with Crippen molar-refractivity contribution >= 4 is 17.4 Å². The number of aromatic nitrogens is 1. The molecule has 2 heterocycles. The van der Waals surface area contributed by atoms with Crippen molar-refractivity contribution in [3.8, 4) is 10.6 Å². The van der Waals surface area contributed by atoms with E-state index < -0.39 is 11.6 Å². The highest BCUT2D eigenvalue weighted by atomic mass is 32.1. The lowest BCUT2D eigenvalue weighted by Gasteiger charge is -2.24. The summed E-state index contributed by atoms with van der Waals surface area (Å²) in [5.41, 5.74) is 0.939. The highest BCUT2D eigenvalue weighted by molar-refractivity contribution is 7.13. The van der Waals surface area contributed by atoms with Crippen LogP contribution in [0.25, 0.3) is 10.6 Å². The summed E-state index contributed by atoms with van der Waals surface area (Å²) in [7, 11) is 0. The monoisotopic (exact) mass is 349 g/mol. The van der Waals surface area contributed by atoms with E-state index in [1.807, 2.05) is 19.2 Å². The van der Waals surface area contributed by atoms with E-state index in [1.165, 1.54) is 23.5 Å². The van der Waals surface area contributed by atoms with Gasteiger partial charge in [0.1, 0.15) is 16.9 Å². The molecule has 3 rings (SSSR count). The number of thiazole rings is 1. The van der Waals surface area contributed by atoms with Crippen molar-refractivity contribution in [1.29, 1.82) is 0 Å². The third-order valence-corrected chi connectivity index (χ3v) is 4.83. The molecule has 1 aliphatic rings. The number of nitrogens with one attached hydrogen (secondary N) is 2. The van der Waals surface area contributed by atoms with Crippen molar-refractivity contribution in [2.24, 2.45) is 0 Å². The highest BCUT2D eigenvalue weighted by Gasteiger charge is 2.28. The van der Waals surface area contributed by atoms with E-state index in [0.717, 1.165) is 29.2 Å². The summed E-state index contributed by atoms with van der Waals surface area (Å²) in [4.78, 5) is 16.7. The number of ether oxygens (including phenoxy) is 1. The van der Waals surface area contributed by atoms with E-state index in [-0.39, 0.29) is 11.9 Å². The van der Waals surface area contributed by atoms with Gasteiger partial charge in [-0.3, -0.25) is 0 Å². The fourth-order valence-electron chi connectivity index (χ4n) is 2.51. The smallest absolute Gasteiger partial charge is 0.408 e. The number of carbonyl (C=O) groups is 1. The number of rotatable bonds is 4. The maximum absolute atomic E-state index is 13.0. The molecule has 7 heteroatoms. The fraction of sp³-hybridized carbons (Fsp3) is 0.412. The molecule has 2 N–H and O–H groups in total. The van der Waals surface area contributed by atoms with Gasteiger partial charge in [0.2, 0.25) is 0 Å². The molecular weight excluding hydrogens is 329 g/mol. The third kappa shape index (κ3) is 3.91. The molecule has 0 saturated carbocycles. The summed E-state index contributed by atoms with van der Waals surface area (Å²) in [6.45, 7) is 5.32. The van der Waals surface area contributed by atoms with Crippen molar-refractivity contribution in [2.75, 3.05) is 13.1 Å². The predicted octanol–water partition coefficient (Wildman–Crippen LogP) is 3.27. The molecule has 1 saturated heterocycles. The molecule has 0 unspecified atom stereocenters. The van der Waals surface area contributed by atoms with Gasteiger partial charge in [0, 0.05) is 17.5 Å². The maximum atomic E-state index is 13.0. The zero-order valence-electron chi connectivity index (χ0n) is 13.6. The van der Waals surface area contributed by atoms with Gasteiger partial charge < -0.3 is 15.4 Å². The Morgan fingerprint density at radius 2 is 2.17 bits per heavy atom. The van der Waals surface area contributed by atoms with Gasteiger partial charge in [0.15, 0.2) is 0 Å². The van der Waals surface area contributed by atoms with Crippen LogP contribution in [0.1, 0.15) is 26.0 Å². The van der Waals surface area contributed by atoms with E-state index in [2.05, 4.69) is 15.6 Å². The van der Waals surface area contributed by atoms with Crippen LogP contribution in [0.3, 0.4) is 0 Å². The second-order valence-corrected chi connectivity index (χ2v) is 7.17. The first-order valence-corrected chi connectivity index (χ1v) is 8.73. The number of alkyl carbamates (subject to hydrolysis) is 1. The van der Waals surface area contributed by atoms with E-state index in [0.29, 0.717) is 6.54 Å². The molecule has 5 nitrogen and oxygen atoms in total. The summed E-state index contributed by atoms with van der Waals surface area (Å²) < 4.78 is 18.4. The van der Waals surface area contributed by atoms with Gasteiger partial charge in [-0.25, -0.2) is 14.2 Å². The fourth-order valence-corrected chi connectivity index (χ4v) is 3.51. The standard InChI is InChI=1S/C17H20FN3O2S/c1-17(2,21-16(22)23-13-7-8-19-9-13)14-10-24-15(20-14)11-3-5-12(18)6-4-11/h3-6,10,13,19H,7-9H2,1-2H3,(H,21,22)/t13-/m0/s1. The van der Waals surface area contributed by atoms with Crippen molar-refractivity contribution < 1.29 is 13.9 Å². The number of hydrogen-bond acceptors (Lipinski definition) is 5. The van der Waals surface area contributed by atoms with Crippen molar-refractivity contribution in [2.45, 2.75) is 31.9 Å². The van der Waals surface area contributed by atoms with Gasteiger partial charge in [-0.2, -0.15) is 0 Å². The van der Waals surface area contributed by atoms with Crippen LogP contribution in [-0.2, 0) is 10.3 Å². The van der Waals surface area contributed by atoms with E-state index in [9.17, 15) is 9.18 Å². The lowest BCUT2D eigenvalue weighted by molar-refractivity contribution is 0.0986. The Balaban J connectivity index is 1.68. The van der Waals surface area contributed by atoms with Gasteiger partial charge in [-0.1, -0.05) is 0 Å². The Labute approximate surface area is 144 Å². The van der Waals surface area contributed by atoms with Crippen molar-refractivity contribution in [3.63, 3.8) is 0 Å². The van der Waals surface area contributed by atoms with Crippen LogP contribution in [0.2, 0.25) is 0 Å². The van der Waals surface area contributed by atoms with Crippen LogP contribution in [0.15, 0.2) is 29.6 Å². The van der Waals surface area contributed by atoms with Gasteiger partial charge in [0.25, 0.3) is 0 Å². The van der Waals surface area contributed by atoms with E-state index in [4.69, 9.17) is 4.74 Å². The molecule has 24 heavy (non-hydrogen) atoms. The van der Waals surface area contributed by atoms with Crippen molar-refractivity contribution in [3.05, 3.63) is 41.2 Å². The number of hydrogen-bond donors (Lipinski definition) is 2. The topological polar surface area (TPSA) is 63.2 Å². The summed E-state index contributed by atoms with van der Waals surface area (Å²) in [6, 6.07) is 6.21. The van der Waals surface area contributed by atoms with E-state index >= 15 is 0 Å². The molecule has 128 valence electrons. The van der Waals surface area contributed by atoms with Crippen LogP contribution in [0.5, 0.6) is 0 Å². The summed E-state index contributed by atoms with van der Waals surface area (Å²) in [6.07, 6.45) is 0.315. The molecule has 0 radical (unpaired) electrons. The van der Waals surface area contributed by atoms with Gasteiger partial charge in [-0.15, -0.1) is 11.3 Å². The Bertz CT molecular complexity index is 709. The molecule has 0 aliphatic carbocycles. The van der Waals surface area contributed by atoms with Gasteiger partial charge >= 0.3 is 6.09 Å². The average Bonchev–Trinajstić information content (AvgIpc) is 3.18. The van der Waals surface area contributed by atoms with Crippen LogP contribution >= 0.6 is 11.3 Å². The molecule has 0 spiro atoms. The molecule has 0 bridgehead atoms. The number of nitrogens with zero attached hydrogens (tertiary/aromatic N) is 1. The Morgan fingerprint density at radius 1 is 1.42 bits per heavy atom. The molecule has 1 aliphatic heterocycles. The van der Waals surface area contributed by atoms with Gasteiger partial charge in [-0.05, 0) is 51.1 Å². The minimum Gasteiger partial charge on any atom is -0.445 e. The lowest BCUT2D eigenvalue weighted by atomic mass is 10.0. The largest absolute Gasteiger partial charge is 0.445 e. The molecular formula is C17H20FN3O2S. The Morgan fingerprint density at radius 3 is 2.83 bits per heavy atom. The van der Waals surface area contributed by atoms with E-state index in [1.54, 1.807) is 12.1 Å².